The Morgan fingerprint density at radius 1 is 1.07 bits per heavy atom. The summed E-state index contributed by atoms with van der Waals surface area (Å²) in [6, 6.07) is 17.8. The van der Waals surface area contributed by atoms with E-state index in [1.165, 1.54) is 18.2 Å². The van der Waals surface area contributed by atoms with E-state index in [2.05, 4.69) is 6.92 Å². The van der Waals surface area contributed by atoms with E-state index in [1.807, 2.05) is 65.6 Å². The Morgan fingerprint density at radius 2 is 1.79 bits per heavy atom. The van der Waals surface area contributed by atoms with Gasteiger partial charge in [0.05, 0.1) is 17.7 Å². The monoisotopic (exact) mass is 406 g/mol. The average Bonchev–Trinajstić information content (AvgIpc) is 3.04. The SMILES string of the molecule is COc1ccccc1/C=C1\SC(=Nc2ccccc2)N([C@@H]2CCCC[C@H]2C)C1=O. The van der Waals surface area contributed by atoms with Crippen LogP contribution in [0.25, 0.3) is 6.08 Å². The lowest BCUT2D eigenvalue weighted by Gasteiger charge is -2.35. The van der Waals surface area contributed by atoms with Crippen LogP contribution < -0.4 is 4.74 Å². The molecule has 1 amide bonds. The van der Waals surface area contributed by atoms with Crippen LogP contribution in [0.2, 0.25) is 0 Å². The van der Waals surface area contributed by atoms with Crippen molar-refractivity contribution in [2.45, 2.75) is 38.6 Å². The van der Waals surface area contributed by atoms with E-state index in [0.717, 1.165) is 41.4 Å². The number of amidine groups is 1. The van der Waals surface area contributed by atoms with E-state index < -0.39 is 0 Å². The van der Waals surface area contributed by atoms with Crippen LogP contribution in [0.1, 0.15) is 38.2 Å². The van der Waals surface area contributed by atoms with E-state index in [4.69, 9.17) is 9.73 Å². The zero-order valence-electron chi connectivity index (χ0n) is 16.9. The Labute approximate surface area is 176 Å². The third-order valence-electron chi connectivity index (χ3n) is 5.64. The average molecular weight is 407 g/mol. The first-order valence-corrected chi connectivity index (χ1v) is 11.0. The molecule has 4 nitrogen and oxygen atoms in total. The van der Waals surface area contributed by atoms with E-state index in [9.17, 15) is 4.79 Å². The van der Waals surface area contributed by atoms with Gasteiger partial charge in [-0.1, -0.05) is 56.2 Å². The fourth-order valence-corrected chi connectivity index (χ4v) is 5.11. The maximum absolute atomic E-state index is 13.5. The van der Waals surface area contributed by atoms with Gasteiger partial charge in [0.2, 0.25) is 0 Å². The molecule has 1 saturated heterocycles. The van der Waals surface area contributed by atoms with Crippen molar-refractivity contribution < 1.29 is 9.53 Å². The van der Waals surface area contributed by atoms with Crippen molar-refractivity contribution in [3.63, 3.8) is 0 Å². The summed E-state index contributed by atoms with van der Waals surface area (Å²) in [4.78, 5) is 21.0. The van der Waals surface area contributed by atoms with Gasteiger partial charge in [-0.15, -0.1) is 0 Å². The number of hydrogen-bond donors (Lipinski definition) is 0. The number of para-hydroxylation sites is 2. The number of nitrogens with zero attached hydrogens (tertiary/aromatic N) is 2. The number of carbonyl (C=O) groups is 1. The number of benzene rings is 2. The van der Waals surface area contributed by atoms with Crippen molar-refractivity contribution in [3.8, 4) is 5.75 Å². The normalized spacial score (nSPS) is 25.0. The maximum atomic E-state index is 13.5. The van der Waals surface area contributed by atoms with Gasteiger partial charge in [0.1, 0.15) is 5.75 Å². The zero-order chi connectivity index (χ0) is 20.2. The molecule has 2 fully saturated rings. The summed E-state index contributed by atoms with van der Waals surface area (Å²) in [5, 5.41) is 0.779. The van der Waals surface area contributed by atoms with Crippen LogP contribution in [0, 0.1) is 5.92 Å². The highest BCUT2D eigenvalue weighted by atomic mass is 32.2. The Morgan fingerprint density at radius 3 is 2.55 bits per heavy atom. The van der Waals surface area contributed by atoms with Crippen molar-refractivity contribution in [2.75, 3.05) is 7.11 Å². The second-order valence-corrected chi connectivity index (χ2v) is 8.60. The molecule has 0 bridgehead atoms. The second kappa shape index (κ2) is 8.87. The van der Waals surface area contributed by atoms with Crippen molar-refractivity contribution in [3.05, 3.63) is 65.1 Å². The number of ether oxygens (including phenoxy) is 1. The number of aliphatic imine (C=N–C) groups is 1. The standard InChI is InChI=1S/C24H26N2O2S/c1-17-10-6-8-14-20(17)26-23(27)22(16-18-11-7-9-15-21(18)28-2)29-24(26)25-19-12-4-3-5-13-19/h3-5,7,9,11-13,15-17,20H,6,8,10,14H2,1-2H3/b22-16-,25-24?/t17-,20-/m1/s1. The van der Waals surface area contributed by atoms with E-state index in [1.54, 1.807) is 7.11 Å². The summed E-state index contributed by atoms with van der Waals surface area (Å²) in [6.45, 7) is 2.25. The summed E-state index contributed by atoms with van der Waals surface area (Å²) < 4.78 is 5.46. The molecule has 5 heteroatoms. The van der Waals surface area contributed by atoms with Gasteiger partial charge < -0.3 is 4.74 Å². The van der Waals surface area contributed by atoms with Gasteiger partial charge in [-0.25, -0.2) is 4.99 Å². The molecule has 2 atom stereocenters. The van der Waals surface area contributed by atoms with Gasteiger partial charge in [0, 0.05) is 11.6 Å². The van der Waals surface area contributed by atoms with Crippen LogP contribution in [-0.2, 0) is 4.79 Å². The molecule has 4 rings (SSSR count). The summed E-state index contributed by atoms with van der Waals surface area (Å²) in [5.41, 5.74) is 1.78. The molecule has 1 aliphatic heterocycles. The Bertz CT molecular complexity index is 939. The second-order valence-electron chi connectivity index (χ2n) is 7.59. The summed E-state index contributed by atoms with van der Waals surface area (Å²) in [7, 11) is 1.65. The highest BCUT2D eigenvalue weighted by Gasteiger charge is 2.41. The van der Waals surface area contributed by atoms with Gasteiger partial charge in [0.15, 0.2) is 5.17 Å². The Kier molecular flexibility index (Phi) is 6.05. The molecular weight excluding hydrogens is 380 g/mol. The molecule has 150 valence electrons. The van der Waals surface area contributed by atoms with Gasteiger partial charge in [-0.2, -0.15) is 0 Å². The summed E-state index contributed by atoms with van der Waals surface area (Å²) in [5.74, 6) is 1.29. The molecular formula is C24H26N2O2S. The van der Waals surface area contributed by atoms with Gasteiger partial charge in [-0.3, -0.25) is 9.69 Å². The first-order chi connectivity index (χ1) is 14.2. The molecule has 1 heterocycles. The van der Waals surface area contributed by atoms with Gasteiger partial charge in [0.25, 0.3) is 5.91 Å². The maximum Gasteiger partial charge on any atom is 0.267 e. The highest BCUT2D eigenvalue weighted by molar-refractivity contribution is 8.18. The minimum absolute atomic E-state index is 0.0503. The fraction of sp³-hybridized carbons (Fsp3) is 0.333. The van der Waals surface area contributed by atoms with Crippen LogP contribution >= 0.6 is 11.8 Å². The predicted molar refractivity (Wildman–Crippen MR) is 120 cm³/mol. The van der Waals surface area contributed by atoms with Crippen LogP contribution in [-0.4, -0.2) is 29.1 Å². The predicted octanol–water partition coefficient (Wildman–Crippen LogP) is 5.88. The van der Waals surface area contributed by atoms with Crippen LogP contribution in [0.3, 0.4) is 0 Å². The lowest BCUT2D eigenvalue weighted by molar-refractivity contribution is -0.124. The molecule has 0 unspecified atom stereocenters. The minimum atomic E-state index is 0.0503. The molecule has 0 spiro atoms. The Hall–Kier alpha value is -2.53. The molecule has 0 N–H and O–H groups in total. The third-order valence-corrected chi connectivity index (χ3v) is 6.62. The van der Waals surface area contributed by atoms with Crippen molar-refractivity contribution in [2.24, 2.45) is 10.9 Å². The number of hydrogen-bond acceptors (Lipinski definition) is 4. The van der Waals surface area contributed by atoms with E-state index in [0.29, 0.717) is 10.8 Å². The van der Waals surface area contributed by atoms with Crippen LogP contribution in [0.5, 0.6) is 5.75 Å². The third kappa shape index (κ3) is 4.25. The number of rotatable bonds is 4. The van der Waals surface area contributed by atoms with Crippen LogP contribution in [0.15, 0.2) is 64.5 Å². The smallest absolute Gasteiger partial charge is 0.267 e. The van der Waals surface area contributed by atoms with Crippen LogP contribution in [0.4, 0.5) is 5.69 Å². The highest BCUT2D eigenvalue weighted by Crippen LogP contribution is 2.40. The molecule has 2 aromatic carbocycles. The molecule has 0 aromatic heterocycles. The fourth-order valence-electron chi connectivity index (χ4n) is 4.08. The zero-order valence-corrected chi connectivity index (χ0v) is 17.7. The molecule has 2 aliphatic rings. The van der Waals surface area contributed by atoms with Crippen molar-refractivity contribution in [1.82, 2.24) is 4.90 Å². The van der Waals surface area contributed by atoms with Gasteiger partial charge >= 0.3 is 0 Å². The molecule has 1 aliphatic carbocycles. The number of methoxy groups -OCH3 is 1. The van der Waals surface area contributed by atoms with Crippen molar-refractivity contribution in [1.29, 1.82) is 0 Å². The lowest BCUT2D eigenvalue weighted by atomic mass is 9.85. The molecule has 2 aromatic rings. The molecule has 0 radical (unpaired) electrons. The largest absolute Gasteiger partial charge is 0.496 e. The summed E-state index contributed by atoms with van der Waals surface area (Å²) in [6.07, 6.45) is 6.52. The quantitative estimate of drug-likeness (QED) is 0.596. The topological polar surface area (TPSA) is 41.9 Å². The van der Waals surface area contributed by atoms with Crippen molar-refractivity contribution >= 4 is 34.6 Å². The molecule has 29 heavy (non-hydrogen) atoms. The number of thioether (sulfide) groups is 1. The Balaban J connectivity index is 1.73. The van der Waals surface area contributed by atoms with Gasteiger partial charge in [-0.05, 0) is 54.8 Å². The van der Waals surface area contributed by atoms with E-state index in [-0.39, 0.29) is 11.9 Å². The first kappa shape index (κ1) is 19.8. The number of amides is 1. The van der Waals surface area contributed by atoms with E-state index >= 15 is 0 Å². The summed E-state index contributed by atoms with van der Waals surface area (Å²) >= 11 is 1.46. The molecule has 1 saturated carbocycles. The minimum Gasteiger partial charge on any atom is -0.496 e. The first-order valence-electron chi connectivity index (χ1n) is 10.2. The number of carbonyl (C=O) groups excluding carboxylic acids is 1. The lowest BCUT2D eigenvalue weighted by Crippen LogP contribution is -2.44.